The molecule has 2 amide bonds. The third kappa shape index (κ3) is 1.89. The smallest absolute Gasteiger partial charge is 0.415 e. The lowest BCUT2D eigenvalue weighted by Gasteiger charge is -2.12. The number of cyclic esters (lactones) is 1. The highest BCUT2D eigenvalue weighted by Crippen LogP contribution is 2.29. The van der Waals surface area contributed by atoms with Crippen LogP contribution in [0, 0.1) is 5.82 Å². The van der Waals surface area contributed by atoms with Gasteiger partial charge in [0.1, 0.15) is 5.52 Å². The van der Waals surface area contributed by atoms with Gasteiger partial charge in [-0.15, -0.1) is 11.3 Å². The number of ether oxygens (including phenoxy) is 1. The zero-order valence-electron chi connectivity index (χ0n) is 9.50. The lowest BCUT2D eigenvalue weighted by atomic mass is 10.2. The van der Waals surface area contributed by atoms with Gasteiger partial charge in [0.2, 0.25) is 0 Å². The maximum absolute atomic E-state index is 13.8. The number of benzene rings is 1. The van der Waals surface area contributed by atoms with Gasteiger partial charge in [-0.2, -0.15) is 0 Å². The minimum atomic E-state index is -1.01. The SMILES string of the molecule is NC(=O)[C@H]1CN(c2cc(F)c3ncsc3c2)C(=O)O1. The highest BCUT2D eigenvalue weighted by Gasteiger charge is 2.36. The number of nitrogens with zero attached hydrogens (tertiary/aromatic N) is 2. The van der Waals surface area contributed by atoms with Crippen LogP contribution in [0.4, 0.5) is 14.9 Å². The third-order valence-corrected chi connectivity index (χ3v) is 3.59. The molecule has 0 radical (unpaired) electrons. The number of amides is 2. The Labute approximate surface area is 110 Å². The molecule has 0 saturated carbocycles. The van der Waals surface area contributed by atoms with Crippen LogP contribution in [0.1, 0.15) is 0 Å². The van der Waals surface area contributed by atoms with Gasteiger partial charge in [0.05, 0.1) is 22.4 Å². The standard InChI is InChI=1S/C11H8FN3O3S/c12-6-1-5(2-8-9(6)14-4-19-8)15-3-7(10(13)16)18-11(15)17/h1-2,4,7H,3H2,(H2,13,16)/t7-/m1/s1. The molecule has 1 aliphatic rings. The van der Waals surface area contributed by atoms with Gasteiger partial charge in [0, 0.05) is 6.07 Å². The van der Waals surface area contributed by atoms with Crippen molar-refractivity contribution in [3.8, 4) is 0 Å². The van der Waals surface area contributed by atoms with Crippen LogP contribution >= 0.6 is 11.3 Å². The second kappa shape index (κ2) is 4.16. The molecule has 1 aromatic carbocycles. The zero-order chi connectivity index (χ0) is 13.6. The summed E-state index contributed by atoms with van der Waals surface area (Å²) in [5.41, 5.74) is 7.18. The van der Waals surface area contributed by atoms with E-state index < -0.39 is 23.9 Å². The monoisotopic (exact) mass is 281 g/mol. The summed E-state index contributed by atoms with van der Waals surface area (Å²) in [6, 6.07) is 2.81. The Bertz CT molecular complexity index is 687. The number of carbonyl (C=O) groups is 2. The average Bonchev–Trinajstić information content (AvgIpc) is 2.95. The van der Waals surface area contributed by atoms with Gasteiger partial charge < -0.3 is 10.5 Å². The first-order valence-electron chi connectivity index (χ1n) is 5.36. The third-order valence-electron chi connectivity index (χ3n) is 2.82. The van der Waals surface area contributed by atoms with Crippen LogP contribution < -0.4 is 10.6 Å². The second-order valence-corrected chi connectivity index (χ2v) is 4.90. The van der Waals surface area contributed by atoms with E-state index in [9.17, 15) is 14.0 Å². The minimum absolute atomic E-state index is 0.0160. The number of rotatable bonds is 2. The molecule has 2 aromatic rings. The lowest BCUT2D eigenvalue weighted by Crippen LogP contribution is -2.32. The number of hydrogen-bond acceptors (Lipinski definition) is 5. The normalized spacial score (nSPS) is 18.9. The highest BCUT2D eigenvalue weighted by atomic mass is 32.1. The number of thiazole rings is 1. The van der Waals surface area contributed by atoms with Gasteiger partial charge in [0.15, 0.2) is 11.9 Å². The van der Waals surface area contributed by atoms with Gasteiger partial charge in [0.25, 0.3) is 5.91 Å². The van der Waals surface area contributed by atoms with Crippen LogP contribution in [-0.2, 0) is 9.53 Å². The fourth-order valence-electron chi connectivity index (χ4n) is 1.89. The van der Waals surface area contributed by atoms with Crippen LogP contribution in [0.15, 0.2) is 17.6 Å². The molecule has 0 spiro atoms. The van der Waals surface area contributed by atoms with Crippen LogP contribution in [0.5, 0.6) is 0 Å². The Balaban J connectivity index is 2.00. The number of primary amides is 1. The van der Waals surface area contributed by atoms with E-state index in [-0.39, 0.29) is 12.1 Å². The number of aromatic nitrogens is 1. The molecule has 2 N–H and O–H groups in total. The van der Waals surface area contributed by atoms with E-state index in [4.69, 9.17) is 10.5 Å². The number of anilines is 1. The van der Waals surface area contributed by atoms with E-state index >= 15 is 0 Å². The predicted molar refractivity (Wildman–Crippen MR) is 66.4 cm³/mol. The summed E-state index contributed by atoms with van der Waals surface area (Å²) in [5.74, 6) is -1.25. The summed E-state index contributed by atoms with van der Waals surface area (Å²) < 4.78 is 19.2. The van der Waals surface area contributed by atoms with Crippen LogP contribution in [0.2, 0.25) is 0 Å². The van der Waals surface area contributed by atoms with E-state index in [0.717, 1.165) is 0 Å². The Morgan fingerprint density at radius 1 is 1.58 bits per heavy atom. The molecule has 1 atom stereocenters. The van der Waals surface area contributed by atoms with Crippen molar-refractivity contribution in [2.45, 2.75) is 6.10 Å². The van der Waals surface area contributed by atoms with Gasteiger partial charge in [-0.1, -0.05) is 0 Å². The van der Waals surface area contributed by atoms with Gasteiger partial charge in [-0.3, -0.25) is 9.69 Å². The molecule has 1 aliphatic heterocycles. The summed E-state index contributed by atoms with van der Waals surface area (Å²) >= 11 is 1.26. The first-order chi connectivity index (χ1) is 9.06. The summed E-state index contributed by atoms with van der Waals surface area (Å²) in [6.07, 6.45) is -1.72. The summed E-state index contributed by atoms with van der Waals surface area (Å²) in [5, 5.41) is 0. The molecule has 2 heterocycles. The topological polar surface area (TPSA) is 85.5 Å². The molecule has 98 valence electrons. The van der Waals surface area contributed by atoms with Crippen LogP contribution in [-0.4, -0.2) is 29.6 Å². The molecule has 1 saturated heterocycles. The minimum Gasteiger partial charge on any atom is -0.434 e. The van der Waals surface area contributed by atoms with Crippen molar-refractivity contribution in [2.75, 3.05) is 11.4 Å². The summed E-state index contributed by atoms with van der Waals surface area (Å²) in [4.78, 5) is 27.7. The first kappa shape index (κ1) is 11.8. The second-order valence-electron chi connectivity index (χ2n) is 4.01. The van der Waals surface area contributed by atoms with Crippen molar-refractivity contribution >= 4 is 39.2 Å². The number of carbonyl (C=O) groups excluding carboxylic acids is 2. The largest absolute Gasteiger partial charge is 0.434 e. The Kier molecular flexibility index (Phi) is 2.59. The summed E-state index contributed by atoms with van der Waals surface area (Å²) in [7, 11) is 0. The van der Waals surface area contributed by atoms with E-state index in [1.54, 1.807) is 6.07 Å². The molecule has 0 unspecified atom stereocenters. The van der Waals surface area contributed by atoms with Crippen molar-refractivity contribution in [2.24, 2.45) is 5.73 Å². The molecule has 1 fully saturated rings. The first-order valence-corrected chi connectivity index (χ1v) is 6.24. The Morgan fingerprint density at radius 2 is 2.37 bits per heavy atom. The van der Waals surface area contributed by atoms with Crippen molar-refractivity contribution in [1.82, 2.24) is 4.98 Å². The van der Waals surface area contributed by atoms with Crippen molar-refractivity contribution in [3.63, 3.8) is 0 Å². The fraction of sp³-hybridized carbons (Fsp3) is 0.182. The number of fused-ring (bicyclic) bond motifs is 1. The van der Waals surface area contributed by atoms with Gasteiger partial charge in [-0.25, -0.2) is 14.2 Å². The van der Waals surface area contributed by atoms with Crippen molar-refractivity contribution in [1.29, 1.82) is 0 Å². The van der Waals surface area contributed by atoms with E-state index in [2.05, 4.69) is 4.98 Å². The maximum atomic E-state index is 13.8. The van der Waals surface area contributed by atoms with E-state index in [0.29, 0.717) is 10.4 Å². The molecule has 3 rings (SSSR count). The molecule has 1 aromatic heterocycles. The average molecular weight is 281 g/mol. The molecular formula is C11H8FN3O3S. The zero-order valence-corrected chi connectivity index (χ0v) is 10.3. The molecule has 8 heteroatoms. The molecule has 0 aliphatic carbocycles. The highest BCUT2D eigenvalue weighted by molar-refractivity contribution is 7.16. The van der Waals surface area contributed by atoms with E-state index in [1.807, 2.05) is 0 Å². The molecule has 6 nitrogen and oxygen atoms in total. The lowest BCUT2D eigenvalue weighted by molar-refractivity contribution is -0.124. The summed E-state index contributed by atoms with van der Waals surface area (Å²) in [6.45, 7) is -0.0160. The Hall–Kier alpha value is -2.22. The van der Waals surface area contributed by atoms with E-state index in [1.165, 1.54) is 27.8 Å². The number of nitrogens with two attached hydrogens (primary N) is 1. The molecular weight excluding hydrogens is 273 g/mol. The Morgan fingerprint density at radius 3 is 3.05 bits per heavy atom. The van der Waals surface area contributed by atoms with Gasteiger partial charge in [-0.05, 0) is 6.07 Å². The van der Waals surface area contributed by atoms with Crippen LogP contribution in [0.25, 0.3) is 10.2 Å². The number of halogens is 1. The quantitative estimate of drug-likeness (QED) is 0.897. The van der Waals surface area contributed by atoms with Gasteiger partial charge >= 0.3 is 6.09 Å². The van der Waals surface area contributed by atoms with Crippen molar-refractivity contribution < 1.29 is 18.7 Å². The van der Waals surface area contributed by atoms with Crippen molar-refractivity contribution in [3.05, 3.63) is 23.5 Å². The maximum Gasteiger partial charge on any atom is 0.415 e. The predicted octanol–water partition coefficient (Wildman–Crippen LogP) is 1.25. The van der Waals surface area contributed by atoms with Crippen LogP contribution in [0.3, 0.4) is 0 Å². The number of hydrogen-bond donors (Lipinski definition) is 1. The molecule has 19 heavy (non-hydrogen) atoms. The molecule has 0 bridgehead atoms. The fourth-order valence-corrected chi connectivity index (χ4v) is 2.61.